The summed E-state index contributed by atoms with van der Waals surface area (Å²) in [5.41, 5.74) is 0.532. The molecule has 2 rings (SSSR count). The van der Waals surface area contributed by atoms with Crippen LogP contribution < -0.4 is 4.90 Å². The highest BCUT2D eigenvalue weighted by Crippen LogP contribution is 2.27. The molecular weight excluding hydrogens is 276 g/mol. The lowest BCUT2D eigenvalue weighted by Crippen LogP contribution is -2.51. The molecule has 1 atom stereocenters. The molecule has 1 aliphatic heterocycles. The predicted molar refractivity (Wildman–Crippen MR) is 76.2 cm³/mol. The van der Waals surface area contributed by atoms with Crippen molar-refractivity contribution in [1.29, 1.82) is 0 Å². The van der Waals surface area contributed by atoms with Gasteiger partial charge < -0.3 is 14.5 Å². The molecule has 1 aromatic rings. The van der Waals surface area contributed by atoms with Gasteiger partial charge in [0.25, 0.3) is 5.91 Å². The zero-order chi connectivity index (χ0) is 15.4. The number of hydrogen-bond donors (Lipinski definition) is 0. The van der Waals surface area contributed by atoms with Crippen LogP contribution in [0.4, 0.5) is 11.4 Å². The molecular formula is C13H18N4O4. The van der Waals surface area contributed by atoms with Crippen molar-refractivity contribution in [1.82, 2.24) is 9.88 Å². The molecule has 0 bridgehead atoms. The lowest BCUT2D eigenvalue weighted by molar-refractivity contribution is -0.384. The molecule has 8 heteroatoms. The van der Waals surface area contributed by atoms with E-state index < -0.39 is 11.0 Å². The summed E-state index contributed by atoms with van der Waals surface area (Å²) in [6.45, 7) is 3.85. The van der Waals surface area contributed by atoms with Crippen LogP contribution in [-0.4, -0.2) is 60.1 Å². The minimum absolute atomic E-state index is 0.0115. The summed E-state index contributed by atoms with van der Waals surface area (Å²) >= 11 is 0. The Bertz CT molecular complexity index is 529. The van der Waals surface area contributed by atoms with Crippen molar-refractivity contribution >= 4 is 17.3 Å². The minimum atomic E-state index is -0.466. The third-order valence-electron chi connectivity index (χ3n) is 3.61. The largest absolute Gasteiger partial charge is 0.372 e. The topological polar surface area (TPSA) is 88.8 Å². The number of anilines is 1. The number of amides is 1. The van der Waals surface area contributed by atoms with E-state index in [4.69, 9.17) is 4.74 Å². The second-order valence-corrected chi connectivity index (χ2v) is 4.81. The Morgan fingerprint density at radius 1 is 1.43 bits per heavy atom. The van der Waals surface area contributed by atoms with Crippen molar-refractivity contribution < 1.29 is 14.5 Å². The summed E-state index contributed by atoms with van der Waals surface area (Å²) in [7, 11) is 1.50. The van der Waals surface area contributed by atoms with Crippen LogP contribution in [0, 0.1) is 10.1 Å². The van der Waals surface area contributed by atoms with E-state index in [2.05, 4.69) is 4.98 Å². The first-order valence-corrected chi connectivity index (χ1v) is 6.69. The molecule has 8 nitrogen and oxygen atoms in total. The fourth-order valence-corrected chi connectivity index (χ4v) is 2.31. The van der Waals surface area contributed by atoms with Gasteiger partial charge in [0.15, 0.2) is 0 Å². The van der Waals surface area contributed by atoms with Crippen molar-refractivity contribution in [3.05, 3.63) is 28.6 Å². The van der Waals surface area contributed by atoms with Crippen LogP contribution >= 0.6 is 0 Å². The summed E-state index contributed by atoms with van der Waals surface area (Å²) in [5, 5.41) is 11.0. The van der Waals surface area contributed by atoms with E-state index in [0.717, 1.165) is 0 Å². The standard InChI is InChI=1S/C13H18N4O4/c1-10(21-2)13(18)16-7-5-15(6-8-16)11-3-4-14-9-12(11)17(19)20/h3-4,9-10H,5-8H2,1-2H3. The number of pyridine rings is 1. The molecule has 0 aromatic carbocycles. The van der Waals surface area contributed by atoms with Gasteiger partial charge in [0.05, 0.1) is 4.92 Å². The zero-order valence-electron chi connectivity index (χ0n) is 12.1. The number of piperazine rings is 1. The van der Waals surface area contributed by atoms with E-state index in [1.165, 1.54) is 19.5 Å². The van der Waals surface area contributed by atoms with Gasteiger partial charge in [-0.2, -0.15) is 0 Å². The monoisotopic (exact) mass is 294 g/mol. The Kier molecular flexibility index (Phi) is 4.69. The van der Waals surface area contributed by atoms with Crippen LogP contribution in [0.15, 0.2) is 18.5 Å². The van der Waals surface area contributed by atoms with Crippen LogP contribution in [0.1, 0.15) is 6.92 Å². The van der Waals surface area contributed by atoms with Crippen molar-refractivity contribution in [2.75, 3.05) is 38.2 Å². The fraction of sp³-hybridized carbons (Fsp3) is 0.538. The maximum Gasteiger partial charge on any atom is 0.310 e. The molecule has 1 saturated heterocycles. The van der Waals surface area contributed by atoms with Gasteiger partial charge in [0, 0.05) is 39.5 Å². The van der Waals surface area contributed by atoms with Gasteiger partial charge in [0.2, 0.25) is 0 Å². The first-order chi connectivity index (χ1) is 10.0. The molecule has 1 aromatic heterocycles. The Morgan fingerprint density at radius 2 is 2.10 bits per heavy atom. The molecule has 1 unspecified atom stereocenters. The molecule has 0 radical (unpaired) electrons. The maximum atomic E-state index is 12.0. The van der Waals surface area contributed by atoms with Gasteiger partial charge in [-0.15, -0.1) is 0 Å². The molecule has 1 aliphatic rings. The van der Waals surface area contributed by atoms with E-state index in [9.17, 15) is 14.9 Å². The fourth-order valence-electron chi connectivity index (χ4n) is 2.31. The lowest BCUT2D eigenvalue weighted by Gasteiger charge is -2.36. The maximum absolute atomic E-state index is 12.0. The third kappa shape index (κ3) is 3.27. The van der Waals surface area contributed by atoms with Crippen LogP contribution in [0.2, 0.25) is 0 Å². The number of hydrogen-bond acceptors (Lipinski definition) is 6. The molecule has 0 saturated carbocycles. The normalized spacial score (nSPS) is 16.7. The van der Waals surface area contributed by atoms with Gasteiger partial charge in [-0.3, -0.25) is 19.9 Å². The summed E-state index contributed by atoms with van der Waals surface area (Å²) < 4.78 is 5.02. The van der Waals surface area contributed by atoms with E-state index in [1.807, 2.05) is 4.90 Å². The highest BCUT2D eigenvalue weighted by molar-refractivity contribution is 5.81. The molecule has 0 aliphatic carbocycles. The summed E-state index contributed by atoms with van der Waals surface area (Å²) in [6.07, 6.45) is 2.32. The van der Waals surface area contributed by atoms with E-state index in [-0.39, 0.29) is 11.6 Å². The molecule has 1 amide bonds. The van der Waals surface area contributed by atoms with E-state index in [0.29, 0.717) is 31.9 Å². The van der Waals surface area contributed by atoms with E-state index >= 15 is 0 Å². The van der Waals surface area contributed by atoms with Gasteiger partial charge in [0.1, 0.15) is 18.0 Å². The number of aromatic nitrogens is 1. The number of ether oxygens (including phenoxy) is 1. The van der Waals surface area contributed by atoms with Gasteiger partial charge in [-0.25, -0.2) is 0 Å². The molecule has 114 valence electrons. The van der Waals surface area contributed by atoms with Crippen LogP contribution in [0.25, 0.3) is 0 Å². The first kappa shape index (κ1) is 15.2. The average Bonchev–Trinajstić information content (AvgIpc) is 2.53. The van der Waals surface area contributed by atoms with Gasteiger partial charge in [-0.1, -0.05) is 0 Å². The quantitative estimate of drug-likeness (QED) is 0.599. The summed E-state index contributed by atoms with van der Waals surface area (Å²) in [6, 6.07) is 1.63. The van der Waals surface area contributed by atoms with Crippen molar-refractivity contribution in [2.24, 2.45) is 0 Å². The van der Waals surface area contributed by atoms with E-state index in [1.54, 1.807) is 17.9 Å². The Labute approximate surface area is 122 Å². The van der Waals surface area contributed by atoms with Gasteiger partial charge in [-0.05, 0) is 13.0 Å². The number of nitro groups is 1. The number of rotatable bonds is 4. The van der Waals surface area contributed by atoms with Crippen LogP contribution in [0.3, 0.4) is 0 Å². The summed E-state index contributed by atoms with van der Waals surface area (Å²) in [4.78, 5) is 30.0. The number of carbonyl (C=O) groups is 1. The van der Waals surface area contributed by atoms with Gasteiger partial charge >= 0.3 is 5.69 Å². The SMILES string of the molecule is COC(C)C(=O)N1CCN(c2ccncc2[N+](=O)[O-])CC1. The molecule has 1 fully saturated rings. The zero-order valence-corrected chi connectivity index (χ0v) is 12.1. The Hall–Kier alpha value is -2.22. The minimum Gasteiger partial charge on any atom is -0.372 e. The smallest absolute Gasteiger partial charge is 0.310 e. The van der Waals surface area contributed by atoms with Crippen molar-refractivity contribution in [3.63, 3.8) is 0 Å². The average molecular weight is 294 g/mol. The summed E-state index contributed by atoms with van der Waals surface area (Å²) in [5.74, 6) is -0.0543. The van der Waals surface area contributed by atoms with Crippen molar-refractivity contribution in [2.45, 2.75) is 13.0 Å². The number of nitrogens with zero attached hydrogens (tertiary/aromatic N) is 4. The molecule has 0 spiro atoms. The Morgan fingerprint density at radius 3 is 2.67 bits per heavy atom. The Balaban J connectivity index is 2.05. The highest BCUT2D eigenvalue weighted by atomic mass is 16.6. The number of methoxy groups -OCH3 is 1. The first-order valence-electron chi connectivity index (χ1n) is 6.69. The molecule has 21 heavy (non-hydrogen) atoms. The molecule has 0 N–H and O–H groups in total. The van der Waals surface area contributed by atoms with Crippen LogP contribution in [0.5, 0.6) is 0 Å². The lowest BCUT2D eigenvalue weighted by atomic mass is 10.2. The third-order valence-corrected chi connectivity index (χ3v) is 3.61. The second kappa shape index (κ2) is 6.49. The van der Waals surface area contributed by atoms with Crippen molar-refractivity contribution in [3.8, 4) is 0 Å². The van der Waals surface area contributed by atoms with Crippen LogP contribution in [-0.2, 0) is 9.53 Å². The predicted octanol–water partition coefficient (Wildman–Crippen LogP) is 0.673. The highest BCUT2D eigenvalue weighted by Gasteiger charge is 2.27. The molecule has 2 heterocycles. The second-order valence-electron chi connectivity index (χ2n) is 4.81. The number of carbonyl (C=O) groups excluding carboxylic acids is 1.